The van der Waals surface area contributed by atoms with Crippen LogP contribution < -0.4 is 5.32 Å². The maximum Gasteiger partial charge on any atom is 0.407 e. The SMILES string of the molecule is COC(=O)NC1C(C)OC(OC(C)(C)C)C(OC(C)(C)C)C1OC(C)(C)C. The van der Waals surface area contributed by atoms with Gasteiger partial charge in [0.2, 0.25) is 0 Å². The number of ether oxygens (including phenoxy) is 5. The Labute approximate surface area is 164 Å². The molecule has 1 saturated heterocycles. The Morgan fingerprint density at radius 3 is 1.67 bits per heavy atom. The highest BCUT2D eigenvalue weighted by molar-refractivity contribution is 5.67. The van der Waals surface area contributed by atoms with Gasteiger partial charge >= 0.3 is 6.09 Å². The molecule has 7 nitrogen and oxygen atoms in total. The van der Waals surface area contributed by atoms with Gasteiger partial charge < -0.3 is 29.0 Å². The molecule has 1 amide bonds. The summed E-state index contributed by atoms with van der Waals surface area (Å²) in [6, 6.07) is -0.455. The van der Waals surface area contributed by atoms with Gasteiger partial charge in [0, 0.05) is 0 Å². The van der Waals surface area contributed by atoms with Crippen molar-refractivity contribution in [3.8, 4) is 0 Å². The largest absolute Gasteiger partial charge is 0.453 e. The molecule has 0 aromatic heterocycles. The van der Waals surface area contributed by atoms with Crippen molar-refractivity contribution in [2.75, 3.05) is 7.11 Å². The van der Waals surface area contributed by atoms with Gasteiger partial charge in [-0.2, -0.15) is 0 Å². The predicted octanol–water partition coefficient (Wildman–Crippen LogP) is 3.64. The van der Waals surface area contributed by atoms with Crippen molar-refractivity contribution < 1.29 is 28.5 Å². The number of nitrogens with one attached hydrogen (secondary N) is 1. The van der Waals surface area contributed by atoms with E-state index in [9.17, 15) is 4.79 Å². The molecule has 1 heterocycles. The van der Waals surface area contributed by atoms with E-state index in [-0.39, 0.29) is 6.10 Å². The summed E-state index contributed by atoms with van der Waals surface area (Å²) < 4.78 is 29.8. The maximum atomic E-state index is 11.9. The van der Waals surface area contributed by atoms with E-state index in [4.69, 9.17) is 23.7 Å². The standard InChI is InChI=1S/C20H39NO6/c1-12-13(21-17(22)23-11)14(25-18(2,3)4)15(26-19(5,6)7)16(24-12)27-20(8,9)10/h12-16H,1-11H3,(H,21,22). The van der Waals surface area contributed by atoms with Gasteiger partial charge in [-0.25, -0.2) is 4.79 Å². The molecule has 5 atom stereocenters. The molecule has 160 valence electrons. The molecule has 0 spiro atoms. The summed E-state index contributed by atoms with van der Waals surface area (Å²) in [5, 5.41) is 2.84. The minimum absolute atomic E-state index is 0.358. The van der Waals surface area contributed by atoms with E-state index in [1.165, 1.54) is 7.11 Å². The Kier molecular flexibility index (Phi) is 7.72. The maximum absolute atomic E-state index is 11.9. The Hall–Kier alpha value is -0.890. The van der Waals surface area contributed by atoms with Gasteiger partial charge in [0.15, 0.2) is 6.29 Å². The van der Waals surface area contributed by atoms with Crippen molar-refractivity contribution in [2.24, 2.45) is 0 Å². The van der Waals surface area contributed by atoms with E-state index in [0.717, 1.165) is 0 Å². The van der Waals surface area contributed by atoms with Crippen LogP contribution in [0.3, 0.4) is 0 Å². The van der Waals surface area contributed by atoms with Gasteiger partial charge in [-0.3, -0.25) is 0 Å². The van der Waals surface area contributed by atoms with E-state index >= 15 is 0 Å². The zero-order chi connectivity index (χ0) is 21.2. The van der Waals surface area contributed by atoms with Gasteiger partial charge in [-0.15, -0.1) is 0 Å². The lowest BCUT2D eigenvalue weighted by Gasteiger charge is -2.49. The highest BCUT2D eigenvalue weighted by Crippen LogP contribution is 2.33. The van der Waals surface area contributed by atoms with Crippen LogP contribution in [0, 0.1) is 0 Å². The molecular formula is C20H39NO6. The smallest absolute Gasteiger partial charge is 0.407 e. The summed E-state index contributed by atoms with van der Waals surface area (Å²) in [6.45, 7) is 19.6. The normalized spacial score (nSPS) is 30.1. The fourth-order valence-corrected chi connectivity index (χ4v) is 2.92. The van der Waals surface area contributed by atoms with Gasteiger partial charge in [-0.05, 0) is 69.2 Å². The third kappa shape index (κ3) is 8.34. The first-order valence-electron chi connectivity index (χ1n) is 9.56. The van der Waals surface area contributed by atoms with E-state index in [1.54, 1.807) is 0 Å². The first-order chi connectivity index (χ1) is 12.0. The van der Waals surface area contributed by atoms with Crippen LogP contribution in [0.25, 0.3) is 0 Å². The van der Waals surface area contributed by atoms with Crippen molar-refractivity contribution in [1.29, 1.82) is 0 Å². The van der Waals surface area contributed by atoms with Crippen molar-refractivity contribution in [2.45, 2.75) is 117 Å². The number of carbonyl (C=O) groups is 1. The molecule has 0 aliphatic carbocycles. The van der Waals surface area contributed by atoms with Crippen molar-refractivity contribution in [3.63, 3.8) is 0 Å². The Bertz CT molecular complexity index is 488. The van der Waals surface area contributed by atoms with Crippen LogP contribution in [0.5, 0.6) is 0 Å². The molecule has 1 rings (SSSR count). The Morgan fingerprint density at radius 1 is 0.815 bits per heavy atom. The van der Waals surface area contributed by atoms with Crippen LogP contribution in [0.1, 0.15) is 69.2 Å². The second kappa shape index (κ2) is 8.64. The van der Waals surface area contributed by atoms with Gasteiger partial charge in [0.05, 0.1) is 36.1 Å². The number of hydrogen-bond acceptors (Lipinski definition) is 6. The molecule has 0 radical (unpaired) electrons. The average molecular weight is 390 g/mol. The van der Waals surface area contributed by atoms with E-state index in [2.05, 4.69) is 5.32 Å². The first kappa shape index (κ1) is 24.1. The number of hydrogen-bond donors (Lipinski definition) is 1. The number of methoxy groups -OCH3 is 1. The molecule has 1 aliphatic rings. The molecule has 0 aromatic rings. The monoisotopic (exact) mass is 389 g/mol. The molecule has 1 fully saturated rings. The zero-order valence-electron chi connectivity index (χ0n) is 18.8. The Balaban J connectivity index is 3.30. The van der Waals surface area contributed by atoms with E-state index in [1.807, 2.05) is 69.2 Å². The molecule has 0 aromatic carbocycles. The Morgan fingerprint density at radius 2 is 1.26 bits per heavy atom. The van der Waals surface area contributed by atoms with E-state index < -0.39 is 47.4 Å². The molecule has 7 heteroatoms. The average Bonchev–Trinajstić information content (AvgIpc) is 2.42. The van der Waals surface area contributed by atoms with Crippen molar-refractivity contribution in [1.82, 2.24) is 5.32 Å². The summed E-state index contributed by atoms with van der Waals surface area (Å²) in [5.41, 5.74) is -1.34. The second-order valence-electron chi connectivity index (χ2n) is 9.99. The quantitative estimate of drug-likeness (QED) is 0.791. The lowest BCUT2D eigenvalue weighted by molar-refractivity contribution is -0.331. The zero-order valence-corrected chi connectivity index (χ0v) is 18.8. The van der Waals surface area contributed by atoms with Crippen LogP contribution in [-0.2, 0) is 23.7 Å². The molecular weight excluding hydrogens is 350 g/mol. The fraction of sp³-hybridized carbons (Fsp3) is 0.950. The summed E-state index contributed by atoms with van der Waals surface area (Å²) in [4.78, 5) is 11.9. The second-order valence-corrected chi connectivity index (χ2v) is 9.99. The van der Waals surface area contributed by atoms with Gasteiger partial charge in [0.25, 0.3) is 0 Å². The number of carbonyl (C=O) groups excluding carboxylic acids is 1. The van der Waals surface area contributed by atoms with Gasteiger partial charge in [-0.1, -0.05) is 0 Å². The summed E-state index contributed by atoms with van der Waals surface area (Å²) in [7, 11) is 1.33. The highest BCUT2D eigenvalue weighted by atomic mass is 16.7. The van der Waals surface area contributed by atoms with E-state index in [0.29, 0.717) is 0 Å². The van der Waals surface area contributed by atoms with Crippen molar-refractivity contribution in [3.05, 3.63) is 0 Å². The van der Waals surface area contributed by atoms with Crippen LogP contribution in [-0.4, -0.2) is 60.6 Å². The third-order valence-corrected chi connectivity index (χ3v) is 3.72. The van der Waals surface area contributed by atoms with Crippen LogP contribution in [0.4, 0.5) is 4.79 Å². The minimum Gasteiger partial charge on any atom is -0.453 e. The number of rotatable bonds is 4. The number of amides is 1. The molecule has 5 unspecified atom stereocenters. The lowest BCUT2D eigenvalue weighted by atomic mass is 9.94. The van der Waals surface area contributed by atoms with Crippen molar-refractivity contribution >= 4 is 6.09 Å². The lowest BCUT2D eigenvalue weighted by Crippen LogP contribution is -2.67. The van der Waals surface area contributed by atoms with Crippen LogP contribution >= 0.6 is 0 Å². The summed E-state index contributed by atoms with van der Waals surface area (Å²) in [5.74, 6) is 0. The molecule has 0 bridgehead atoms. The molecule has 1 aliphatic heterocycles. The molecule has 27 heavy (non-hydrogen) atoms. The third-order valence-electron chi connectivity index (χ3n) is 3.72. The van der Waals surface area contributed by atoms with Gasteiger partial charge in [0.1, 0.15) is 12.2 Å². The van der Waals surface area contributed by atoms with Crippen LogP contribution in [0.15, 0.2) is 0 Å². The summed E-state index contributed by atoms with van der Waals surface area (Å²) in [6.07, 6.45) is -2.56. The topological polar surface area (TPSA) is 75.3 Å². The minimum atomic E-state index is -0.637. The fourth-order valence-electron chi connectivity index (χ4n) is 2.92. The predicted molar refractivity (Wildman–Crippen MR) is 104 cm³/mol. The first-order valence-corrected chi connectivity index (χ1v) is 9.56. The molecule has 1 N–H and O–H groups in total. The highest BCUT2D eigenvalue weighted by Gasteiger charge is 2.50. The number of alkyl carbamates (subject to hydrolysis) is 1. The summed E-state index contributed by atoms with van der Waals surface area (Å²) >= 11 is 0. The van der Waals surface area contributed by atoms with Crippen LogP contribution in [0.2, 0.25) is 0 Å². The molecule has 0 saturated carbocycles.